The van der Waals surface area contributed by atoms with Crippen molar-refractivity contribution in [2.45, 2.75) is 51.2 Å². The van der Waals surface area contributed by atoms with E-state index in [0.717, 1.165) is 39.3 Å². The number of aryl methyl sites for hydroxylation is 1. The molecule has 0 saturated carbocycles. The van der Waals surface area contributed by atoms with Crippen molar-refractivity contribution in [2.24, 2.45) is 10.7 Å². The molecule has 0 aliphatic carbocycles. The van der Waals surface area contributed by atoms with Crippen LogP contribution in [0.25, 0.3) is 0 Å². The maximum absolute atomic E-state index is 15.2. The van der Waals surface area contributed by atoms with Crippen molar-refractivity contribution >= 4 is 17.6 Å². The number of alkyl halides is 2. The summed E-state index contributed by atoms with van der Waals surface area (Å²) in [7, 11) is 0. The predicted molar refractivity (Wildman–Crippen MR) is 99.3 cm³/mol. The van der Waals surface area contributed by atoms with Gasteiger partial charge in [-0.3, -0.25) is 4.79 Å². The monoisotopic (exact) mass is 410 g/mol. The van der Waals surface area contributed by atoms with Gasteiger partial charge >= 0.3 is 5.92 Å². The Hall–Kier alpha value is -3.04. The number of ether oxygens (including phenoxy) is 1. The molecular formula is C19H21F3N4O3. The Labute approximate surface area is 165 Å². The molecule has 2 aromatic rings. The van der Waals surface area contributed by atoms with Gasteiger partial charge < -0.3 is 20.2 Å². The SMILES string of the molecule is CCc1ocnc1C(=O)Nc1ccc(F)c([C@@]2(C)N=C(N)OC(C)(C)C2(F)F)c1. The number of hydrogen-bond donors (Lipinski definition) is 2. The Bertz CT molecular complexity index is 987. The number of carbonyl (C=O) groups excluding carboxylic acids is 1. The average Bonchev–Trinajstić information content (AvgIpc) is 3.10. The van der Waals surface area contributed by atoms with Gasteiger partial charge in [-0.15, -0.1) is 0 Å². The van der Waals surface area contributed by atoms with Gasteiger partial charge in [0, 0.05) is 17.7 Å². The molecule has 1 aromatic carbocycles. The average molecular weight is 410 g/mol. The van der Waals surface area contributed by atoms with Gasteiger partial charge in [-0.1, -0.05) is 6.92 Å². The number of halogens is 3. The van der Waals surface area contributed by atoms with Gasteiger partial charge in [0.05, 0.1) is 0 Å². The molecule has 1 aromatic heterocycles. The lowest BCUT2D eigenvalue weighted by atomic mass is 9.77. The first kappa shape index (κ1) is 20.7. The van der Waals surface area contributed by atoms with Gasteiger partial charge in [0.25, 0.3) is 11.9 Å². The minimum absolute atomic E-state index is 0.0596. The van der Waals surface area contributed by atoms with E-state index >= 15 is 8.78 Å². The molecule has 7 nitrogen and oxygen atoms in total. The van der Waals surface area contributed by atoms with Crippen LogP contribution in [0, 0.1) is 5.82 Å². The van der Waals surface area contributed by atoms with E-state index in [1.165, 1.54) is 6.07 Å². The number of nitrogens with two attached hydrogens (primary N) is 1. The van der Waals surface area contributed by atoms with E-state index < -0.39 is 40.4 Å². The number of rotatable bonds is 4. The topological polar surface area (TPSA) is 103 Å². The number of benzene rings is 1. The zero-order chi connectivity index (χ0) is 21.6. The minimum Gasteiger partial charge on any atom is -0.453 e. The van der Waals surface area contributed by atoms with Crippen molar-refractivity contribution in [3.8, 4) is 0 Å². The van der Waals surface area contributed by atoms with Crippen LogP contribution in [0.1, 0.15) is 49.5 Å². The van der Waals surface area contributed by atoms with Crippen LogP contribution < -0.4 is 11.1 Å². The second kappa shape index (κ2) is 6.78. The fourth-order valence-corrected chi connectivity index (χ4v) is 3.33. The number of aromatic nitrogens is 1. The second-order valence-corrected chi connectivity index (χ2v) is 7.34. The number of hydrogen-bond acceptors (Lipinski definition) is 6. The summed E-state index contributed by atoms with van der Waals surface area (Å²) >= 11 is 0. The molecule has 2 heterocycles. The highest BCUT2D eigenvalue weighted by molar-refractivity contribution is 6.03. The van der Waals surface area contributed by atoms with Crippen LogP contribution in [0.2, 0.25) is 0 Å². The molecule has 1 atom stereocenters. The van der Waals surface area contributed by atoms with Crippen molar-refractivity contribution in [2.75, 3.05) is 5.32 Å². The van der Waals surface area contributed by atoms with Crippen LogP contribution in [0.15, 0.2) is 34.0 Å². The van der Waals surface area contributed by atoms with Gasteiger partial charge in [0.1, 0.15) is 11.6 Å². The summed E-state index contributed by atoms with van der Waals surface area (Å²) < 4.78 is 55.2. The number of amides is 1. The highest BCUT2D eigenvalue weighted by Gasteiger charge is 2.66. The molecule has 3 rings (SSSR count). The van der Waals surface area contributed by atoms with E-state index in [9.17, 15) is 9.18 Å². The number of nitrogens with one attached hydrogen (secondary N) is 1. The van der Waals surface area contributed by atoms with Gasteiger partial charge in [0.15, 0.2) is 23.2 Å². The van der Waals surface area contributed by atoms with Gasteiger partial charge in [-0.05, 0) is 39.0 Å². The van der Waals surface area contributed by atoms with Crippen molar-refractivity contribution in [1.29, 1.82) is 0 Å². The maximum atomic E-state index is 15.2. The summed E-state index contributed by atoms with van der Waals surface area (Å²) in [5.74, 6) is -4.78. The number of amidine groups is 1. The molecule has 0 saturated heterocycles. The smallest absolute Gasteiger partial charge is 0.315 e. The van der Waals surface area contributed by atoms with E-state index in [-0.39, 0.29) is 11.4 Å². The molecule has 1 aliphatic rings. The highest BCUT2D eigenvalue weighted by atomic mass is 19.3. The first-order chi connectivity index (χ1) is 13.4. The highest BCUT2D eigenvalue weighted by Crippen LogP contribution is 2.51. The lowest BCUT2D eigenvalue weighted by molar-refractivity contribution is -0.207. The third kappa shape index (κ3) is 3.22. The largest absolute Gasteiger partial charge is 0.453 e. The molecule has 1 amide bonds. The van der Waals surface area contributed by atoms with Crippen molar-refractivity contribution in [3.63, 3.8) is 0 Å². The zero-order valence-electron chi connectivity index (χ0n) is 16.3. The Morgan fingerprint density at radius 3 is 2.62 bits per heavy atom. The molecule has 3 N–H and O–H groups in total. The molecule has 10 heteroatoms. The summed E-state index contributed by atoms with van der Waals surface area (Å²) in [6, 6.07) is 2.85. The maximum Gasteiger partial charge on any atom is 0.315 e. The summed E-state index contributed by atoms with van der Waals surface area (Å²) in [4.78, 5) is 20.0. The predicted octanol–water partition coefficient (Wildman–Crippen LogP) is 3.60. The van der Waals surface area contributed by atoms with E-state index in [1.54, 1.807) is 6.92 Å². The number of nitrogens with zero attached hydrogens (tertiary/aromatic N) is 2. The Morgan fingerprint density at radius 2 is 1.97 bits per heavy atom. The summed E-state index contributed by atoms with van der Waals surface area (Å²) in [6.07, 6.45) is 1.57. The van der Waals surface area contributed by atoms with Crippen molar-refractivity contribution in [3.05, 3.63) is 47.4 Å². The van der Waals surface area contributed by atoms with E-state index in [0.29, 0.717) is 12.2 Å². The van der Waals surface area contributed by atoms with E-state index in [1.807, 2.05) is 0 Å². The number of oxazole rings is 1. The fraction of sp³-hybridized carbons (Fsp3) is 0.421. The number of anilines is 1. The third-order valence-electron chi connectivity index (χ3n) is 4.99. The Kier molecular flexibility index (Phi) is 4.84. The lowest BCUT2D eigenvalue weighted by Crippen LogP contribution is -2.62. The minimum atomic E-state index is -3.62. The Morgan fingerprint density at radius 1 is 1.28 bits per heavy atom. The molecule has 1 aliphatic heterocycles. The normalized spacial score (nSPS) is 22.5. The van der Waals surface area contributed by atoms with Crippen LogP contribution in [0.4, 0.5) is 18.9 Å². The summed E-state index contributed by atoms with van der Waals surface area (Å²) in [5, 5.41) is 2.52. The molecule has 29 heavy (non-hydrogen) atoms. The molecule has 0 spiro atoms. The number of carbonyl (C=O) groups is 1. The zero-order valence-corrected chi connectivity index (χ0v) is 16.3. The molecular weight excluding hydrogens is 389 g/mol. The molecule has 0 unspecified atom stereocenters. The molecule has 0 fully saturated rings. The van der Waals surface area contributed by atoms with Gasteiger partial charge in [0.2, 0.25) is 0 Å². The summed E-state index contributed by atoms with van der Waals surface area (Å²) in [5.41, 5.74) is 0.920. The third-order valence-corrected chi connectivity index (χ3v) is 4.99. The van der Waals surface area contributed by atoms with Gasteiger partial charge in [-0.2, -0.15) is 8.78 Å². The van der Waals surface area contributed by atoms with Gasteiger partial charge in [-0.25, -0.2) is 14.4 Å². The van der Waals surface area contributed by atoms with E-state index in [2.05, 4.69) is 15.3 Å². The van der Waals surface area contributed by atoms with Crippen LogP contribution in [-0.2, 0) is 16.7 Å². The number of aliphatic imine (C=N–C) groups is 1. The molecule has 156 valence electrons. The Balaban J connectivity index is 2.03. The van der Waals surface area contributed by atoms with E-state index in [4.69, 9.17) is 14.9 Å². The molecule has 0 bridgehead atoms. The lowest BCUT2D eigenvalue weighted by Gasteiger charge is -2.46. The van der Waals surface area contributed by atoms with Crippen LogP contribution in [0.5, 0.6) is 0 Å². The van der Waals surface area contributed by atoms with Crippen LogP contribution >= 0.6 is 0 Å². The van der Waals surface area contributed by atoms with Crippen molar-refractivity contribution < 1.29 is 27.1 Å². The quantitative estimate of drug-likeness (QED) is 0.802. The molecule has 0 radical (unpaired) electrons. The van der Waals surface area contributed by atoms with Crippen LogP contribution in [-0.4, -0.2) is 28.4 Å². The van der Waals surface area contributed by atoms with Crippen molar-refractivity contribution in [1.82, 2.24) is 4.98 Å². The first-order valence-corrected chi connectivity index (χ1v) is 8.89. The standard InChI is InChI=1S/C19H21F3N4O3/c1-5-13-14(24-9-28-13)15(27)25-10-6-7-12(20)11(8-10)18(4)19(21,22)17(2,3)29-16(23)26-18/h6-9H,5H2,1-4H3,(H2,23,26)(H,25,27)/t18-/m1/s1. The first-order valence-electron chi connectivity index (χ1n) is 8.89. The second-order valence-electron chi connectivity index (χ2n) is 7.34. The fourth-order valence-electron chi connectivity index (χ4n) is 3.33. The van der Waals surface area contributed by atoms with Crippen LogP contribution in [0.3, 0.4) is 0 Å². The summed E-state index contributed by atoms with van der Waals surface area (Å²) in [6.45, 7) is 5.15.